The molecule has 1 aliphatic heterocycles. The van der Waals surface area contributed by atoms with Crippen LogP contribution in [-0.4, -0.2) is 31.2 Å². The van der Waals surface area contributed by atoms with Crippen molar-refractivity contribution in [2.45, 2.75) is 12.0 Å². The molecule has 1 aliphatic rings. The van der Waals surface area contributed by atoms with Gasteiger partial charge in [0, 0.05) is 6.54 Å². The van der Waals surface area contributed by atoms with E-state index in [1.54, 1.807) is 0 Å². The topological polar surface area (TPSA) is 64.4 Å². The smallest absolute Gasteiger partial charge is 0.405 e. The van der Waals surface area contributed by atoms with Gasteiger partial charge in [-0.1, -0.05) is 0 Å². The first kappa shape index (κ1) is 8.19. The van der Waals surface area contributed by atoms with E-state index in [9.17, 15) is 13.6 Å². The van der Waals surface area contributed by atoms with Crippen molar-refractivity contribution < 1.29 is 18.3 Å². The predicted molar refractivity (Wildman–Crippen MR) is 32.3 cm³/mol. The number of carbonyl (C=O) groups is 1. The average Bonchev–Trinajstić information content (AvgIpc) is 2.10. The molecule has 0 saturated carbocycles. The summed E-state index contributed by atoms with van der Waals surface area (Å²) in [6.45, 7) is -0.513. The van der Waals surface area contributed by atoms with Crippen molar-refractivity contribution >= 4 is 6.09 Å². The van der Waals surface area contributed by atoms with Crippen LogP contribution in [0.3, 0.4) is 0 Å². The number of amides is 1. The first-order chi connectivity index (χ1) is 5.02. The van der Waals surface area contributed by atoms with Crippen LogP contribution in [-0.2, 0) is 4.74 Å². The van der Waals surface area contributed by atoms with Crippen LogP contribution in [0, 0.1) is 0 Å². The van der Waals surface area contributed by atoms with Crippen LogP contribution in [0.2, 0.25) is 0 Å². The standard InChI is InChI=1S/C5H8F2N2O2/c6-5(7)2-9-1-3(5)11-4(8)10/h3,9H,1-2H2,(H2,8,10). The van der Waals surface area contributed by atoms with Crippen molar-refractivity contribution in [2.75, 3.05) is 13.1 Å². The number of halogens is 2. The lowest BCUT2D eigenvalue weighted by Gasteiger charge is -2.16. The summed E-state index contributed by atoms with van der Waals surface area (Å²) in [4.78, 5) is 10.1. The van der Waals surface area contributed by atoms with Gasteiger partial charge < -0.3 is 15.8 Å². The molecule has 1 heterocycles. The molecule has 1 unspecified atom stereocenters. The number of alkyl halides is 2. The molecule has 1 atom stereocenters. The predicted octanol–water partition coefficient (Wildman–Crippen LogP) is -0.311. The Hall–Kier alpha value is -0.910. The summed E-state index contributed by atoms with van der Waals surface area (Å²) < 4.78 is 29.3. The molecule has 1 rings (SSSR count). The third kappa shape index (κ3) is 1.76. The lowest BCUT2D eigenvalue weighted by molar-refractivity contribution is -0.0747. The molecule has 1 fully saturated rings. The summed E-state index contributed by atoms with van der Waals surface area (Å²) >= 11 is 0. The lowest BCUT2D eigenvalue weighted by Crippen LogP contribution is -2.37. The highest BCUT2D eigenvalue weighted by atomic mass is 19.3. The van der Waals surface area contributed by atoms with Crippen LogP contribution < -0.4 is 11.1 Å². The number of primary amides is 1. The van der Waals surface area contributed by atoms with Crippen LogP contribution in [0.15, 0.2) is 0 Å². The van der Waals surface area contributed by atoms with Gasteiger partial charge in [0.25, 0.3) is 5.92 Å². The highest BCUT2D eigenvalue weighted by Gasteiger charge is 2.46. The molecule has 0 aromatic rings. The van der Waals surface area contributed by atoms with Gasteiger partial charge >= 0.3 is 6.09 Å². The quantitative estimate of drug-likeness (QED) is 0.561. The summed E-state index contributed by atoms with van der Waals surface area (Å²) in [6.07, 6.45) is -2.58. The van der Waals surface area contributed by atoms with E-state index in [4.69, 9.17) is 0 Å². The van der Waals surface area contributed by atoms with Crippen molar-refractivity contribution in [1.82, 2.24) is 5.32 Å². The van der Waals surface area contributed by atoms with E-state index in [0.29, 0.717) is 0 Å². The molecular formula is C5H8F2N2O2. The number of nitrogens with one attached hydrogen (secondary N) is 1. The first-order valence-electron chi connectivity index (χ1n) is 3.07. The van der Waals surface area contributed by atoms with Crippen molar-refractivity contribution in [2.24, 2.45) is 5.73 Å². The average molecular weight is 166 g/mol. The zero-order valence-corrected chi connectivity index (χ0v) is 5.64. The maximum Gasteiger partial charge on any atom is 0.405 e. The van der Waals surface area contributed by atoms with E-state index in [1.807, 2.05) is 0 Å². The highest BCUT2D eigenvalue weighted by Crippen LogP contribution is 2.24. The Bertz CT molecular complexity index is 174. The van der Waals surface area contributed by atoms with Crippen LogP contribution in [0.5, 0.6) is 0 Å². The number of rotatable bonds is 1. The molecule has 3 N–H and O–H groups in total. The second kappa shape index (κ2) is 2.61. The minimum atomic E-state index is -2.99. The summed E-state index contributed by atoms with van der Waals surface area (Å²) in [5, 5.41) is 2.39. The molecule has 0 aliphatic carbocycles. The fraction of sp³-hybridized carbons (Fsp3) is 0.800. The normalized spacial score (nSPS) is 28.4. The summed E-state index contributed by atoms with van der Waals surface area (Å²) in [7, 11) is 0. The maximum atomic E-state index is 12.6. The maximum absolute atomic E-state index is 12.6. The molecule has 64 valence electrons. The van der Waals surface area contributed by atoms with E-state index >= 15 is 0 Å². The fourth-order valence-corrected chi connectivity index (χ4v) is 0.901. The van der Waals surface area contributed by atoms with E-state index < -0.39 is 24.7 Å². The molecule has 0 aromatic heterocycles. The van der Waals surface area contributed by atoms with Gasteiger partial charge in [0.15, 0.2) is 6.10 Å². The fourth-order valence-electron chi connectivity index (χ4n) is 0.901. The summed E-state index contributed by atoms with van der Waals surface area (Å²) in [6, 6.07) is 0. The molecule has 0 aromatic carbocycles. The minimum absolute atomic E-state index is 0.0457. The van der Waals surface area contributed by atoms with E-state index in [-0.39, 0.29) is 6.54 Å². The molecule has 1 saturated heterocycles. The van der Waals surface area contributed by atoms with E-state index in [2.05, 4.69) is 15.8 Å². The third-order valence-corrected chi connectivity index (χ3v) is 1.42. The zero-order chi connectivity index (χ0) is 8.48. The van der Waals surface area contributed by atoms with Gasteiger partial charge in [-0.3, -0.25) is 0 Å². The second-order valence-corrected chi connectivity index (χ2v) is 2.32. The minimum Gasteiger partial charge on any atom is -0.439 e. The summed E-state index contributed by atoms with van der Waals surface area (Å²) in [5.41, 5.74) is 4.57. The SMILES string of the molecule is NC(=O)OC1CNCC1(F)F. The van der Waals surface area contributed by atoms with Gasteiger partial charge in [0.1, 0.15) is 0 Å². The number of nitrogens with two attached hydrogens (primary N) is 1. The molecule has 6 heteroatoms. The monoisotopic (exact) mass is 166 g/mol. The van der Waals surface area contributed by atoms with Gasteiger partial charge in [-0.05, 0) is 0 Å². The molecule has 0 bridgehead atoms. The Morgan fingerprint density at radius 2 is 2.36 bits per heavy atom. The Labute approximate surface area is 61.7 Å². The highest BCUT2D eigenvalue weighted by molar-refractivity contribution is 5.65. The van der Waals surface area contributed by atoms with Crippen molar-refractivity contribution in [3.63, 3.8) is 0 Å². The van der Waals surface area contributed by atoms with Crippen LogP contribution in [0.1, 0.15) is 0 Å². The van der Waals surface area contributed by atoms with Crippen molar-refractivity contribution in [3.05, 3.63) is 0 Å². The zero-order valence-electron chi connectivity index (χ0n) is 5.64. The van der Waals surface area contributed by atoms with Gasteiger partial charge in [-0.2, -0.15) is 0 Å². The van der Waals surface area contributed by atoms with Gasteiger partial charge in [-0.25, -0.2) is 13.6 Å². The van der Waals surface area contributed by atoms with E-state index in [1.165, 1.54) is 0 Å². The lowest BCUT2D eigenvalue weighted by atomic mass is 10.2. The van der Waals surface area contributed by atoms with E-state index in [0.717, 1.165) is 0 Å². The molecule has 1 amide bonds. The van der Waals surface area contributed by atoms with Gasteiger partial charge in [0.05, 0.1) is 6.54 Å². The summed E-state index contributed by atoms with van der Waals surface area (Å²) in [5.74, 6) is -2.99. The Balaban J connectivity index is 2.51. The Kier molecular flexibility index (Phi) is 1.95. The third-order valence-electron chi connectivity index (χ3n) is 1.42. The van der Waals surface area contributed by atoms with Crippen LogP contribution in [0.25, 0.3) is 0 Å². The molecule has 11 heavy (non-hydrogen) atoms. The van der Waals surface area contributed by atoms with Crippen LogP contribution in [0.4, 0.5) is 13.6 Å². The number of ether oxygens (including phenoxy) is 1. The Morgan fingerprint density at radius 1 is 1.73 bits per heavy atom. The van der Waals surface area contributed by atoms with Gasteiger partial charge in [0.2, 0.25) is 0 Å². The number of carbonyl (C=O) groups excluding carboxylic acids is 1. The molecule has 4 nitrogen and oxygen atoms in total. The van der Waals surface area contributed by atoms with Crippen molar-refractivity contribution in [3.8, 4) is 0 Å². The molecule has 0 radical (unpaired) electrons. The van der Waals surface area contributed by atoms with Gasteiger partial charge in [-0.15, -0.1) is 0 Å². The molecular weight excluding hydrogens is 158 g/mol. The Morgan fingerprint density at radius 3 is 2.73 bits per heavy atom. The molecule has 0 spiro atoms. The largest absolute Gasteiger partial charge is 0.439 e. The van der Waals surface area contributed by atoms with Crippen molar-refractivity contribution in [1.29, 1.82) is 0 Å². The first-order valence-corrected chi connectivity index (χ1v) is 3.07. The second-order valence-electron chi connectivity index (χ2n) is 2.32. The number of hydrogen-bond donors (Lipinski definition) is 2. The van der Waals surface area contributed by atoms with Crippen LogP contribution >= 0.6 is 0 Å². The number of hydrogen-bond acceptors (Lipinski definition) is 3.